The molecule has 0 radical (unpaired) electrons. The van der Waals surface area contributed by atoms with Gasteiger partial charge in [-0.2, -0.15) is 5.26 Å². The lowest BCUT2D eigenvalue weighted by atomic mass is 10.0. The lowest BCUT2D eigenvalue weighted by molar-refractivity contribution is -0.384. The Hall–Kier alpha value is -2.90. The van der Waals surface area contributed by atoms with Crippen molar-refractivity contribution in [2.24, 2.45) is 0 Å². The van der Waals surface area contributed by atoms with Gasteiger partial charge in [0.2, 0.25) is 0 Å². The molecule has 0 atom stereocenters. The van der Waals surface area contributed by atoms with Crippen LogP contribution in [0.2, 0.25) is 0 Å². The maximum Gasteiger partial charge on any atom is 0.269 e. The van der Waals surface area contributed by atoms with Crippen LogP contribution in [0.25, 0.3) is 11.6 Å². The Morgan fingerprint density at radius 1 is 1.19 bits per heavy atom. The molecule has 6 nitrogen and oxygen atoms in total. The van der Waals surface area contributed by atoms with Crippen molar-refractivity contribution in [1.29, 1.82) is 5.26 Å². The minimum atomic E-state index is -0.438. The van der Waals surface area contributed by atoms with Gasteiger partial charge >= 0.3 is 0 Å². The highest BCUT2D eigenvalue weighted by atomic mass is 127. The summed E-state index contributed by atoms with van der Waals surface area (Å²) in [7, 11) is 1.55. The molecule has 0 saturated heterocycles. The van der Waals surface area contributed by atoms with Crippen LogP contribution >= 0.6 is 38.5 Å². The molecule has 0 heterocycles. The first-order valence-electron chi connectivity index (χ1n) is 9.02. The smallest absolute Gasteiger partial charge is 0.269 e. The van der Waals surface area contributed by atoms with Gasteiger partial charge in [-0.3, -0.25) is 10.1 Å². The summed E-state index contributed by atoms with van der Waals surface area (Å²) in [5.41, 5.74) is 2.99. The van der Waals surface area contributed by atoms with Crippen molar-refractivity contribution in [2.75, 3.05) is 7.11 Å². The van der Waals surface area contributed by atoms with Crippen LogP contribution in [0.5, 0.6) is 11.5 Å². The average Bonchev–Trinajstić information content (AvgIpc) is 2.77. The van der Waals surface area contributed by atoms with Crippen molar-refractivity contribution < 1.29 is 14.4 Å². The molecule has 3 aromatic rings. The van der Waals surface area contributed by atoms with E-state index in [1.807, 2.05) is 36.4 Å². The molecule has 0 aliphatic heterocycles. The lowest BCUT2D eigenvalue weighted by Crippen LogP contribution is -2.00. The minimum absolute atomic E-state index is 0.0334. The molecule has 0 aliphatic carbocycles. The van der Waals surface area contributed by atoms with Crippen LogP contribution in [-0.2, 0) is 6.61 Å². The summed E-state index contributed by atoms with van der Waals surface area (Å²) < 4.78 is 13.2. The fourth-order valence-electron chi connectivity index (χ4n) is 2.81. The van der Waals surface area contributed by atoms with Gasteiger partial charge in [0.05, 0.1) is 27.2 Å². The number of benzene rings is 3. The predicted molar refractivity (Wildman–Crippen MR) is 131 cm³/mol. The van der Waals surface area contributed by atoms with E-state index >= 15 is 0 Å². The second-order valence-corrected chi connectivity index (χ2v) is 8.50. The number of nitrogens with zero attached hydrogens (tertiary/aromatic N) is 2. The predicted octanol–water partition coefficient (Wildman–Crippen LogP) is 6.61. The van der Waals surface area contributed by atoms with Crippen LogP contribution in [0, 0.1) is 25.0 Å². The van der Waals surface area contributed by atoms with Gasteiger partial charge in [0, 0.05) is 16.6 Å². The van der Waals surface area contributed by atoms with Gasteiger partial charge in [0.15, 0.2) is 11.5 Å². The Balaban J connectivity index is 1.84. The quantitative estimate of drug-likeness (QED) is 0.102. The number of hydrogen-bond acceptors (Lipinski definition) is 5. The molecule has 8 heteroatoms. The third-order valence-corrected chi connectivity index (χ3v) is 5.70. The number of non-ortho nitro benzene ring substituents is 1. The number of nitro benzene ring substituents is 1. The van der Waals surface area contributed by atoms with E-state index in [9.17, 15) is 15.4 Å². The van der Waals surface area contributed by atoms with Crippen molar-refractivity contribution >= 4 is 55.9 Å². The normalized spacial score (nSPS) is 11.0. The third-order valence-electron chi connectivity index (χ3n) is 4.37. The first kappa shape index (κ1) is 22.8. The Morgan fingerprint density at radius 2 is 1.87 bits per heavy atom. The van der Waals surface area contributed by atoms with Gasteiger partial charge in [-0.25, -0.2) is 0 Å². The second kappa shape index (κ2) is 10.4. The van der Waals surface area contributed by atoms with Crippen LogP contribution in [-0.4, -0.2) is 12.0 Å². The first-order valence-corrected chi connectivity index (χ1v) is 10.9. The van der Waals surface area contributed by atoms with Gasteiger partial charge in [-0.15, -0.1) is 0 Å². The fourth-order valence-corrected chi connectivity index (χ4v) is 3.85. The van der Waals surface area contributed by atoms with Crippen LogP contribution in [0.3, 0.4) is 0 Å². The number of halogens is 2. The van der Waals surface area contributed by atoms with E-state index < -0.39 is 4.92 Å². The number of nitro groups is 1. The molecular formula is C23H16BrIN2O4. The molecule has 0 spiro atoms. The maximum atomic E-state index is 10.8. The molecule has 3 rings (SSSR count). The molecule has 0 fully saturated rings. The van der Waals surface area contributed by atoms with Gasteiger partial charge in [0.25, 0.3) is 5.69 Å². The van der Waals surface area contributed by atoms with E-state index in [4.69, 9.17) is 9.47 Å². The SMILES string of the molecule is COc1cc(C=C(C#N)c2ccc(Br)cc2)cc(I)c1OCc1ccc([N+](=O)[O-])cc1. The summed E-state index contributed by atoms with van der Waals surface area (Å²) in [5.74, 6) is 1.11. The van der Waals surface area contributed by atoms with Crippen molar-refractivity contribution in [3.63, 3.8) is 0 Å². The molecular weight excluding hydrogens is 575 g/mol. The van der Waals surface area contributed by atoms with E-state index in [1.54, 1.807) is 25.3 Å². The molecule has 31 heavy (non-hydrogen) atoms. The first-order chi connectivity index (χ1) is 14.9. The Morgan fingerprint density at radius 3 is 2.45 bits per heavy atom. The minimum Gasteiger partial charge on any atom is -0.493 e. The van der Waals surface area contributed by atoms with E-state index in [-0.39, 0.29) is 12.3 Å². The Kier molecular flexibility index (Phi) is 7.65. The monoisotopic (exact) mass is 590 g/mol. The van der Waals surface area contributed by atoms with Gasteiger partial charge in [0.1, 0.15) is 6.61 Å². The molecule has 0 aliphatic rings. The topological polar surface area (TPSA) is 85.4 Å². The maximum absolute atomic E-state index is 10.8. The number of hydrogen-bond donors (Lipinski definition) is 0. The van der Waals surface area contributed by atoms with Crippen LogP contribution in [0.4, 0.5) is 5.69 Å². The third kappa shape index (κ3) is 5.83. The van der Waals surface area contributed by atoms with E-state index in [0.717, 1.165) is 24.7 Å². The zero-order chi connectivity index (χ0) is 22.4. The molecule has 0 unspecified atom stereocenters. The summed E-state index contributed by atoms with van der Waals surface area (Å²) in [4.78, 5) is 10.3. The molecule has 0 saturated carbocycles. The number of rotatable bonds is 7. The van der Waals surface area contributed by atoms with Crippen molar-refractivity contribution in [3.05, 3.63) is 95.5 Å². The number of methoxy groups -OCH3 is 1. The van der Waals surface area contributed by atoms with Crippen molar-refractivity contribution in [2.45, 2.75) is 6.61 Å². The fraction of sp³-hybridized carbons (Fsp3) is 0.0870. The Bertz CT molecular complexity index is 1170. The summed E-state index contributed by atoms with van der Waals surface area (Å²) in [6.07, 6.45) is 1.80. The van der Waals surface area contributed by atoms with Crippen LogP contribution in [0.1, 0.15) is 16.7 Å². The summed E-state index contributed by atoms with van der Waals surface area (Å²) in [6.45, 7) is 0.238. The number of ether oxygens (including phenoxy) is 2. The molecule has 0 amide bonds. The summed E-state index contributed by atoms with van der Waals surface area (Å²) >= 11 is 5.55. The highest BCUT2D eigenvalue weighted by Crippen LogP contribution is 2.36. The average molecular weight is 591 g/mol. The van der Waals surface area contributed by atoms with Gasteiger partial charge in [-0.1, -0.05) is 28.1 Å². The largest absolute Gasteiger partial charge is 0.493 e. The highest BCUT2D eigenvalue weighted by molar-refractivity contribution is 14.1. The number of allylic oxidation sites excluding steroid dienone is 1. The lowest BCUT2D eigenvalue weighted by Gasteiger charge is -2.14. The zero-order valence-electron chi connectivity index (χ0n) is 16.3. The van der Waals surface area contributed by atoms with E-state index in [1.165, 1.54) is 12.1 Å². The van der Waals surface area contributed by atoms with Gasteiger partial charge in [-0.05, 0) is 81.8 Å². The summed E-state index contributed by atoms with van der Waals surface area (Å²) in [6, 6.07) is 19.7. The van der Waals surface area contributed by atoms with Crippen LogP contribution < -0.4 is 9.47 Å². The summed E-state index contributed by atoms with van der Waals surface area (Å²) in [5, 5.41) is 20.4. The molecule has 3 aromatic carbocycles. The van der Waals surface area contributed by atoms with Crippen molar-refractivity contribution in [3.8, 4) is 17.6 Å². The van der Waals surface area contributed by atoms with E-state index in [0.29, 0.717) is 17.1 Å². The van der Waals surface area contributed by atoms with Gasteiger partial charge < -0.3 is 9.47 Å². The Labute approximate surface area is 201 Å². The second-order valence-electron chi connectivity index (χ2n) is 6.42. The molecule has 156 valence electrons. The number of nitriles is 1. The molecule has 0 N–H and O–H groups in total. The van der Waals surface area contributed by atoms with Crippen LogP contribution in [0.15, 0.2) is 65.1 Å². The standard InChI is InChI=1S/C23H16BrIN2O4/c1-30-22-12-16(10-18(13-26)17-4-6-19(24)7-5-17)11-21(25)23(22)31-14-15-2-8-20(9-3-15)27(28)29/h2-12H,14H2,1H3. The molecule has 0 bridgehead atoms. The molecule has 0 aromatic heterocycles. The van der Waals surface area contributed by atoms with E-state index in [2.05, 4.69) is 44.6 Å². The highest BCUT2D eigenvalue weighted by Gasteiger charge is 2.13. The van der Waals surface area contributed by atoms with Crippen molar-refractivity contribution in [1.82, 2.24) is 0 Å². The zero-order valence-corrected chi connectivity index (χ0v) is 20.1.